The Labute approximate surface area is 203 Å². The van der Waals surface area contributed by atoms with Crippen LogP contribution in [0.1, 0.15) is 18.1 Å². The Bertz CT molecular complexity index is 1420. The summed E-state index contributed by atoms with van der Waals surface area (Å²) in [6.45, 7) is 5.83. The summed E-state index contributed by atoms with van der Waals surface area (Å²) in [5.74, 6) is 1.00. The van der Waals surface area contributed by atoms with E-state index in [0.29, 0.717) is 40.3 Å². The Balaban J connectivity index is 1.69. The van der Waals surface area contributed by atoms with E-state index >= 15 is 0 Å². The number of fused-ring (bicyclic) bond motifs is 1. The molecule has 0 radical (unpaired) electrons. The first-order valence-electron chi connectivity index (χ1n) is 11.3. The third-order valence-corrected chi connectivity index (χ3v) is 5.63. The van der Waals surface area contributed by atoms with Gasteiger partial charge in [-0.3, -0.25) is 9.59 Å². The first-order chi connectivity index (χ1) is 16.9. The SMILES string of the molecule is CCOc1ccccc1NC(=O)COc1c(-c2ccc(OC)cc2)oc2cc(C)c(C)cc2c1=O. The van der Waals surface area contributed by atoms with E-state index < -0.39 is 5.91 Å². The second-order valence-electron chi connectivity index (χ2n) is 8.02. The van der Waals surface area contributed by atoms with Gasteiger partial charge in [0.25, 0.3) is 5.91 Å². The first kappa shape index (κ1) is 23.9. The van der Waals surface area contributed by atoms with E-state index in [0.717, 1.165) is 11.1 Å². The lowest BCUT2D eigenvalue weighted by Gasteiger charge is -2.14. The number of carbonyl (C=O) groups excluding carboxylic acids is 1. The fourth-order valence-corrected chi connectivity index (χ4v) is 3.67. The molecule has 1 heterocycles. The van der Waals surface area contributed by atoms with Crippen LogP contribution in [0.4, 0.5) is 5.69 Å². The van der Waals surface area contributed by atoms with E-state index in [-0.39, 0.29) is 23.5 Å². The van der Waals surface area contributed by atoms with Crippen LogP contribution < -0.4 is 25.0 Å². The van der Waals surface area contributed by atoms with Gasteiger partial charge in [0.2, 0.25) is 11.2 Å². The molecular weight excluding hydrogens is 446 g/mol. The van der Waals surface area contributed by atoms with Crippen molar-refractivity contribution in [2.75, 3.05) is 25.6 Å². The lowest BCUT2D eigenvalue weighted by Crippen LogP contribution is -2.23. The predicted molar refractivity (Wildman–Crippen MR) is 136 cm³/mol. The van der Waals surface area contributed by atoms with E-state index in [1.54, 1.807) is 55.6 Å². The molecule has 0 atom stereocenters. The van der Waals surface area contributed by atoms with Gasteiger partial charge in [-0.2, -0.15) is 0 Å². The van der Waals surface area contributed by atoms with Crippen LogP contribution in [0.25, 0.3) is 22.3 Å². The number of hydrogen-bond acceptors (Lipinski definition) is 6. The summed E-state index contributed by atoms with van der Waals surface area (Å²) in [7, 11) is 1.58. The molecule has 180 valence electrons. The minimum Gasteiger partial charge on any atom is -0.497 e. The second-order valence-corrected chi connectivity index (χ2v) is 8.02. The van der Waals surface area contributed by atoms with Gasteiger partial charge in [-0.1, -0.05) is 12.1 Å². The van der Waals surface area contributed by atoms with Crippen molar-refractivity contribution in [3.63, 3.8) is 0 Å². The molecule has 0 saturated heterocycles. The molecule has 0 fully saturated rings. The highest BCUT2D eigenvalue weighted by Gasteiger charge is 2.20. The molecule has 0 aliphatic carbocycles. The smallest absolute Gasteiger partial charge is 0.262 e. The van der Waals surface area contributed by atoms with Crippen molar-refractivity contribution in [3.05, 3.63) is 82.0 Å². The van der Waals surface area contributed by atoms with Crippen LogP contribution in [-0.2, 0) is 4.79 Å². The molecule has 0 saturated carbocycles. The topological polar surface area (TPSA) is 87.0 Å². The molecule has 3 aromatic carbocycles. The third-order valence-electron chi connectivity index (χ3n) is 5.63. The van der Waals surface area contributed by atoms with Crippen molar-refractivity contribution in [3.8, 4) is 28.6 Å². The van der Waals surface area contributed by atoms with E-state index in [1.165, 1.54) is 0 Å². The Morgan fingerprint density at radius 3 is 2.40 bits per heavy atom. The summed E-state index contributed by atoms with van der Waals surface area (Å²) in [4.78, 5) is 26.2. The molecule has 0 unspecified atom stereocenters. The molecule has 0 aliphatic rings. The molecule has 35 heavy (non-hydrogen) atoms. The number of aryl methyl sites for hydroxylation is 2. The number of ether oxygens (including phenoxy) is 3. The maximum Gasteiger partial charge on any atom is 0.262 e. The van der Waals surface area contributed by atoms with Crippen molar-refractivity contribution >= 4 is 22.6 Å². The van der Waals surface area contributed by atoms with Gasteiger partial charge in [0.05, 0.1) is 24.8 Å². The average molecular weight is 474 g/mol. The average Bonchev–Trinajstić information content (AvgIpc) is 2.86. The lowest BCUT2D eigenvalue weighted by molar-refractivity contribution is -0.118. The Morgan fingerprint density at radius 2 is 1.69 bits per heavy atom. The molecule has 7 heteroatoms. The van der Waals surface area contributed by atoms with E-state index in [9.17, 15) is 9.59 Å². The number of benzene rings is 3. The normalized spacial score (nSPS) is 10.7. The number of carbonyl (C=O) groups is 1. The van der Waals surface area contributed by atoms with Gasteiger partial charge >= 0.3 is 0 Å². The van der Waals surface area contributed by atoms with Gasteiger partial charge in [0.15, 0.2) is 12.4 Å². The number of rotatable bonds is 8. The molecule has 0 bridgehead atoms. The molecule has 1 aromatic heterocycles. The summed E-state index contributed by atoms with van der Waals surface area (Å²) in [5.41, 5.74) is 3.21. The van der Waals surface area contributed by atoms with E-state index in [1.807, 2.05) is 32.9 Å². The number of amides is 1. The maximum absolute atomic E-state index is 13.5. The standard InChI is InChI=1S/C28H27NO6/c1-5-33-23-9-7-6-8-22(23)29-25(30)16-34-28-26(31)21-14-17(2)18(3)15-24(21)35-27(28)19-10-12-20(32-4)13-11-19/h6-15H,5,16H2,1-4H3,(H,29,30). The quantitative estimate of drug-likeness (QED) is 0.364. The second kappa shape index (κ2) is 10.3. The predicted octanol–water partition coefficient (Wildman–Crippen LogP) is 5.50. The first-order valence-corrected chi connectivity index (χ1v) is 11.3. The fourth-order valence-electron chi connectivity index (χ4n) is 3.67. The van der Waals surface area contributed by atoms with Crippen molar-refractivity contribution in [1.82, 2.24) is 0 Å². The molecule has 4 rings (SSSR count). The van der Waals surface area contributed by atoms with Gasteiger partial charge < -0.3 is 23.9 Å². The van der Waals surface area contributed by atoms with Gasteiger partial charge in [0.1, 0.15) is 17.1 Å². The van der Waals surface area contributed by atoms with Gasteiger partial charge in [-0.25, -0.2) is 0 Å². The van der Waals surface area contributed by atoms with Crippen LogP contribution in [0, 0.1) is 13.8 Å². The molecule has 1 amide bonds. The summed E-state index contributed by atoms with van der Waals surface area (Å²) in [6, 6.07) is 17.8. The number of nitrogens with one attached hydrogen (secondary N) is 1. The number of anilines is 1. The van der Waals surface area contributed by atoms with Crippen molar-refractivity contribution in [2.24, 2.45) is 0 Å². The zero-order valence-electron chi connectivity index (χ0n) is 20.1. The van der Waals surface area contributed by atoms with Gasteiger partial charge in [-0.15, -0.1) is 0 Å². The van der Waals surface area contributed by atoms with E-state index in [2.05, 4.69) is 5.32 Å². The van der Waals surface area contributed by atoms with Crippen LogP contribution in [0.2, 0.25) is 0 Å². The molecule has 7 nitrogen and oxygen atoms in total. The van der Waals surface area contributed by atoms with Crippen molar-refractivity contribution in [2.45, 2.75) is 20.8 Å². The van der Waals surface area contributed by atoms with Crippen LogP contribution in [0.5, 0.6) is 17.2 Å². The van der Waals surface area contributed by atoms with Crippen LogP contribution in [0.3, 0.4) is 0 Å². The third kappa shape index (κ3) is 5.14. The maximum atomic E-state index is 13.5. The summed E-state index contributed by atoms with van der Waals surface area (Å²) in [6.07, 6.45) is 0. The highest BCUT2D eigenvalue weighted by Crippen LogP contribution is 2.33. The minimum atomic E-state index is -0.433. The van der Waals surface area contributed by atoms with E-state index in [4.69, 9.17) is 18.6 Å². The summed E-state index contributed by atoms with van der Waals surface area (Å²) < 4.78 is 22.7. The molecule has 1 N–H and O–H groups in total. The van der Waals surface area contributed by atoms with Crippen molar-refractivity contribution in [1.29, 1.82) is 0 Å². The largest absolute Gasteiger partial charge is 0.497 e. The fraction of sp³-hybridized carbons (Fsp3) is 0.214. The summed E-state index contributed by atoms with van der Waals surface area (Å²) in [5, 5.41) is 3.17. The number of para-hydroxylation sites is 2. The molecule has 4 aromatic rings. The highest BCUT2D eigenvalue weighted by molar-refractivity contribution is 5.93. The van der Waals surface area contributed by atoms with Gasteiger partial charge in [0, 0.05) is 5.56 Å². The zero-order valence-corrected chi connectivity index (χ0v) is 20.1. The monoisotopic (exact) mass is 473 g/mol. The molecule has 0 aliphatic heterocycles. The number of hydrogen-bond donors (Lipinski definition) is 1. The van der Waals surface area contributed by atoms with Crippen LogP contribution in [0.15, 0.2) is 69.9 Å². The van der Waals surface area contributed by atoms with Crippen LogP contribution >= 0.6 is 0 Å². The number of methoxy groups -OCH3 is 1. The molecule has 0 spiro atoms. The van der Waals surface area contributed by atoms with Crippen LogP contribution in [-0.4, -0.2) is 26.2 Å². The Morgan fingerprint density at radius 1 is 0.971 bits per heavy atom. The highest BCUT2D eigenvalue weighted by atomic mass is 16.5. The van der Waals surface area contributed by atoms with Gasteiger partial charge in [-0.05, 0) is 80.4 Å². The minimum absolute atomic E-state index is 0.0286. The zero-order chi connectivity index (χ0) is 24.9. The summed E-state index contributed by atoms with van der Waals surface area (Å²) >= 11 is 0. The Kier molecular flexibility index (Phi) is 7.06. The lowest BCUT2D eigenvalue weighted by atomic mass is 10.0. The Hall–Kier alpha value is -4.26. The molecular formula is C28H27NO6. The van der Waals surface area contributed by atoms with Crippen molar-refractivity contribution < 1.29 is 23.4 Å².